The van der Waals surface area contributed by atoms with Crippen LogP contribution in [-0.4, -0.2) is 19.8 Å². The predicted octanol–water partition coefficient (Wildman–Crippen LogP) is 2.76. The topological polar surface area (TPSA) is 69.1 Å². The zero-order valence-electron chi connectivity index (χ0n) is 10.1. The van der Waals surface area contributed by atoms with Gasteiger partial charge < -0.3 is 5.73 Å². The highest BCUT2D eigenvalue weighted by atomic mass is 32.1. The molecule has 0 fully saturated rings. The smallest absolute Gasteiger partial charge is 0.398 e. The average molecular weight is 299 g/mol. The maximum atomic E-state index is 12.7. The number of aromatic nitrogens is 4. The van der Waals surface area contributed by atoms with Crippen LogP contribution >= 0.6 is 11.3 Å². The Morgan fingerprint density at radius 2 is 2.00 bits per heavy atom. The first-order valence-corrected chi connectivity index (χ1v) is 6.34. The molecule has 0 aliphatic rings. The van der Waals surface area contributed by atoms with Gasteiger partial charge in [0.1, 0.15) is 5.01 Å². The third-order valence-corrected chi connectivity index (χ3v) is 3.73. The van der Waals surface area contributed by atoms with E-state index >= 15 is 0 Å². The van der Waals surface area contributed by atoms with Gasteiger partial charge in [-0.25, -0.2) is 0 Å². The number of hydrogen-bond acceptors (Lipinski definition) is 5. The second-order valence-corrected chi connectivity index (χ2v) is 5.12. The van der Waals surface area contributed by atoms with Crippen LogP contribution in [0.4, 0.5) is 18.9 Å². The third-order valence-electron chi connectivity index (χ3n) is 2.80. The Morgan fingerprint density at radius 1 is 1.25 bits per heavy atom. The Balaban J connectivity index is 2.19. The Kier molecular flexibility index (Phi) is 2.68. The van der Waals surface area contributed by atoms with Crippen molar-refractivity contribution >= 4 is 22.0 Å². The number of aryl methyl sites for hydroxylation is 1. The summed E-state index contributed by atoms with van der Waals surface area (Å²) >= 11 is 1.01. The van der Waals surface area contributed by atoms with Gasteiger partial charge in [0, 0.05) is 11.3 Å². The van der Waals surface area contributed by atoms with Crippen molar-refractivity contribution in [2.24, 2.45) is 0 Å². The monoisotopic (exact) mass is 299 g/mol. The van der Waals surface area contributed by atoms with E-state index in [2.05, 4.69) is 15.3 Å². The average Bonchev–Trinajstić information content (AvgIpc) is 2.90. The first-order chi connectivity index (χ1) is 9.38. The third kappa shape index (κ3) is 1.90. The number of nitrogens with two attached hydrogens (primary N) is 1. The van der Waals surface area contributed by atoms with Crippen LogP contribution in [0.1, 0.15) is 11.4 Å². The summed E-state index contributed by atoms with van der Waals surface area (Å²) in [4.78, 5) is 0.0771. The Bertz CT molecular complexity index is 789. The number of hydrogen-bond donors (Lipinski definition) is 1. The molecule has 0 spiro atoms. The largest absolute Gasteiger partial charge is 0.453 e. The first-order valence-electron chi connectivity index (χ1n) is 5.53. The van der Waals surface area contributed by atoms with Crippen LogP contribution in [0.25, 0.3) is 15.5 Å². The van der Waals surface area contributed by atoms with Crippen LogP contribution in [0.3, 0.4) is 0 Å². The van der Waals surface area contributed by atoms with E-state index in [-0.39, 0.29) is 4.96 Å². The van der Waals surface area contributed by atoms with Gasteiger partial charge in [-0.2, -0.15) is 22.8 Å². The van der Waals surface area contributed by atoms with Crippen molar-refractivity contribution in [3.63, 3.8) is 0 Å². The molecule has 9 heteroatoms. The molecule has 0 aliphatic heterocycles. The number of rotatable bonds is 1. The molecule has 3 rings (SSSR count). The quantitative estimate of drug-likeness (QED) is 0.701. The van der Waals surface area contributed by atoms with Gasteiger partial charge in [-0.1, -0.05) is 23.5 Å². The lowest BCUT2D eigenvalue weighted by Crippen LogP contribution is -2.11. The summed E-state index contributed by atoms with van der Waals surface area (Å²) in [5.41, 5.74) is 7.85. The number of alkyl halides is 3. The van der Waals surface area contributed by atoms with Gasteiger partial charge in [0.05, 0.1) is 0 Å². The molecular weight excluding hydrogens is 291 g/mol. The summed E-state index contributed by atoms with van der Waals surface area (Å²) in [6.07, 6.45) is -4.59. The molecule has 2 aromatic heterocycles. The lowest BCUT2D eigenvalue weighted by Gasteiger charge is -2.04. The summed E-state index contributed by atoms with van der Waals surface area (Å²) in [6, 6.07) is 5.30. The van der Waals surface area contributed by atoms with Gasteiger partial charge in [0.15, 0.2) is 0 Å². The molecule has 0 amide bonds. The van der Waals surface area contributed by atoms with Gasteiger partial charge >= 0.3 is 6.18 Å². The molecule has 0 saturated heterocycles. The molecule has 1 aromatic carbocycles. The molecule has 2 N–H and O–H groups in total. The van der Waals surface area contributed by atoms with E-state index in [1.807, 2.05) is 13.0 Å². The lowest BCUT2D eigenvalue weighted by molar-refractivity contribution is -0.146. The molecule has 3 aromatic rings. The predicted molar refractivity (Wildman–Crippen MR) is 68.2 cm³/mol. The number of para-hydroxylation sites is 1. The highest BCUT2D eigenvalue weighted by molar-refractivity contribution is 7.19. The van der Waals surface area contributed by atoms with Crippen molar-refractivity contribution < 1.29 is 13.2 Å². The molecule has 20 heavy (non-hydrogen) atoms. The van der Waals surface area contributed by atoms with Crippen molar-refractivity contribution in [3.05, 3.63) is 29.6 Å². The van der Waals surface area contributed by atoms with Gasteiger partial charge in [-0.15, -0.1) is 10.2 Å². The van der Waals surface area contributed by atoms with E-state index in [1.165, 1.54) is 0 Å². The van der Waals surface area contributed by atoms with Gasteiger partial charge in [0.25, 0.3) is 5.82 Å². The number of nitrogen functional groups attached to an aromatic ring is 1. The second kappa shape index (κ2) is 4.17. The van der Waals surface area contributed by atoms with E-state index in [0.717, 1.165) is 16.9 Å². The van der Waals surface area contributed by atoms with Crippen LogP contribution in [-0.2, 0) is 6.18 Å². The number of nitrogens with zero attached hydrogens (tertiary/aromatic N) is 4. The SMILES string of the molecule is Cc1cccc(-c2nn3c(C(F)(F)F)nnc3s2)c1N. The van der Waals surface area contributed by atoms with E-state index in [4.69, 9.17) is 5.73 Å². The zero-order chi connectivity index (χ0) is 14.5. The molecule has 104 valence electrons. The van der Waals surface area contributed by atoms with Gasteiger partial charge in [0.2, 0.25) is 4.96 Å². The van der Waals surface area contributed by atoms with Crippen LogP contribution in [0.2, 0.25) is 0 Å². The van der Waals surface area contributed by atoms with E-state index in [1.54, 1.807) is 12.1 Å². The Morgan fingerprint density at radius 3 is 2.70 bits per heavy atom. The maximum absolute atomic E-state index is 12.7. The van der Waals surface area contributed by atoms with Crippen molar-refractivity contribution in [1.82, 2.24) is 19.8 Å². The van der Waals surface area contributed by atoms with E-state index in [9.17, 15) is 13.2 Å². The van der Waals surface area contributed by atoms with Crippen molar-refractivity contribution in [1.29, 1.82) is 0 Å². The van der Waals surface area contributed by atoms with Crippen molar-refractivity contribution in [2.75, 3.05) is 5.73 Å². The molecule has 0 radical (unpaired) electrons. The lowest BCUT2D eigenvalue weighted by atomic mass is 10.1. The standard InChI is InChI=1S/C11H8F3N5S/c1-5-3-2-4-6(7(5)15)8-18-19-9(11(12,13)14)16-17-10(19)20-8/h2-4H,15H2,1H3. The normalized spacial score (nSPS) is 12.2. The zero-order valence-corrected chi connectivity index (χ0v) is 11.0. The summed E-state index contributed by atoms with van der Waals surface area (Å²) < 4.78 is 38.9. The minimum absolute atomic E-state index is 0.0771. The fourth-order valence-electron chi connectivity index (χ4n) is 1.77. The van der Waals surface area contributed by atoms with E-state index in [0.29, 0.717) is 20.8 Å². The molecular formula is C11H8F3N5S. The summed E-state index contributed by atoms with van der Waals surface area (Å²) in [7, 11) is 0. The minimum atomic E-state index is -4.59. The molecule has 0 bridgehead atoms. The number of benzene rings is 1. The number of fused-ring (bicyclic) bond motifs is 1. The van der Waals surface area contributed by atoms with Gasteiger partial charge in [-0.3, -0.25) is 0 Å². The van der Waals surface area contributed by atoms with Gasteiger partial charge in [-0.05, 0) is 18.6 Å². The van der Waals surface area contributed by atoms with Crippen LogP contribution in [0, 0.1) is 6.92 Å². The molecule has 0 saturated carbocycles. The van der Waals surface area contributed by atoms with E-state index < -0.39 is 12.0 Å². The minimum Gasteiger partial charge on any atom is -0.398 e. The van der Waals surface area contributed by atoms with Crippen molar-refractivity contribution in [2.45, 2.75) is 13.1 Å². The Labute approximate surface area is 114 Å². The first kappa shape index (κ1) is 12.9. The summed E-state index contributed by atoms with van der Waals surface area (Å²) in [5, 5.41) is 10.9. The molecule has 0 aliphatic carbocycles. The van der Waals surface area contributed by atoms with Crippen LogP contribution in [0.15, 0.2) is 18.2 Å². The molecule has 5 nitrogen and oxygen atoms in total. The summed E-state index contributed by atoms with van der Waals surface area (Å²) in [6.45, 7) is 1.82. The molecule has 2 heterocycles. The molecule has 0 atom stereocenters. The fourth-order valence-corrected chi connectivity index (χ4v) is 2.65. The van der Waals surface area contributed by atoms with Crippen LogP contribution < -0.4 is 5.73 Å². The van der Waals surface area contributed by atoms with Crippen LogP contribution in [0.5, 0.6) is 0 Å². The molecule has 0 unspecified atom stereocenters. The summed E-state index contributed by atoms with van der Waals surface area (Å²) in [5.74, 6) is -1.14. The second-order valence-electron chi connectivity index (χ2n) is 4.16. The maximum Gasteiger partial charge on any atom is 0.453 e. The number of halogens is 3. The number of anilines is 1. The fraction of sp³-hybridized carbons (Fsp3) is 0.182. The Hall–Kier alpha value is -2.16. The van der Waals surface area contributed by atoms with Crippen molar-refractivity contribution in [3.8, 4) is 10.6 Å². The highest BCUT2D eigenvalue weighted by Gasteiger charge is 2.38. The highest BCUT2D eigenvalue weighted by Crippen LogP contribution is 2.34.